The van der Waals surface area contributed by atoms with Crippen molar-refractivity contribution in [1.82, 2.24) is 10.2 Å². The fourth-order valence-electron chi connectivity index (χ4n) is 4.78. The highest BCUT2D eigenvalue weighted by Gasteiger charge is 2.33. The summed E-state index contributed by atoms with van der Waals surface area (Å²) in [5.74, 6) is -1.01. The van der Waals surface area contributed by atoms with Crippen LogP contribution in [0, 0.1) is 5.82 Å². The molecule has 8 nitrogen and oxygen atoms in total. The van der Waals surface area contributed by atoms with Gasteiger partial charge in [0.1, 0.15) is 24.2 Å². The third-order valence-corrected chi connectivity index (χ3v) is 8.93. The molecule has 0 unspecified atom stereocenters. The van der Waals surface area contributed by atoms with Gasteiger partial charge in [0.25, 0.3) is 10.0 Å². The van der Waals surface area contributed by atoms with Gasteiger partial charge in [-0.3, -0.25) is 13.9 Å². The van der Waals surface area contributed by atoms with Gasteiger partial charge in [-0.15, -0.1) is 0 Å². The van der Waals surface area contributed by atoms with Crippen molar-refractivity contribution in [1.29, 1.82) is 0 Å². The molecule has 212 valence electrons. The van der Waals surface area contributed by atoms with E-state index in [4.69, 9.17) is 4.74 Å². The molecule has 4 rings (SSSR count). The molecule has 40 heavy (non-hydrogen) atoms. The second kappa shape index (κ2) is 13.0. The van der Waals surface area contributed by atoms with Crippen molar-refractivity contribution in [2.24, 2.45) is 0 Å². The van der Waals surface area contributed by atoms with Gasteiger partial charge in [0.15, 0.2) is 0 Å². The second-order valence-corrected chi connectivity index (χ2v) is 11.7. The number of hydrogen-bond donors (Lipinski definition) is 1. The number of hydrogen-bond acceptors (Lipinski definition) is 5. The zero-order valence-corrected chi connectivity index (χ0v) is 23.4. The Hall–Kier alpha value is -3.92. The Bertz CT molecular complexity index is 1410. The lowest BCUT2D eigenvalue weighted by atomic mass is 10.1. The van der Waals surface area contributed by atoms with Crippen molar-refractivity contribution in [3.63, 3.8) is 0 Å². The van der Waals surface area contributed by atoms with E-state index >= 15 is 0 Å². The lowest BCUT2D eigenvalue weighted by Crippen LogP contribution is -2.52. The minimum absolute atomic E-state index is 0.00583. The van der Waals surface area contributed by atoms with Crippen LogP contribution in [0.1, 0.15) is 38.2 Å². The number of methoxy groups -OCH3 is 1. The van der Waals surface area contributed by atoms with E-state index in [1.165, 1.54) is 30.2 Å². The summed E-state index contributed by atoms with van der Waals surface area (Å²) in [6.07, 6.45) is 3.76. The van der Waals surface area contributed by atoms with Crippen LogP contribution in [0.4, 0.5) is 10.1 Å². The van der Waals surface area contributed by atoms with Crippen molar-refractivity contribution in [2.45, 2.75) is 56.1 Å². The van der Waals surface area contributed by atoms with Gasteiger partial charge in [-0.25, -0.2) is 12.8 Å². The Morgan fingerprint density at radius 2 is 1.60 bits per heavy atom. The molecule has 3 aromatic carbocycles. The zero-order chi connectivity index (χ0) is 28.7. The molecule has 1 N–H and O–H groups in total. The molecule has 0 spiro atoms. The minimum atomic E-state index is -4.18. The van der Waals surface area contributed by atoms with E-state index in [1.807, 2.05) is 0 Å². The lowest BCUT2D eigenvalue weighted by molar-refractivity contribution is -0.139. The number of carbonyl (C=O) groups is 2. The van der Waals surface area contributed by atoms with Crippen molar-refractivity contribution in [3.05, 3.63) is 90.2 Å². The van der Waals surface area contributed by atoms with E-state index < -0.39 is 34.3 Å². The van der Waals surface area contributed by atoms with E-state index in [9.17, 15) is 22.4 Å². The molecule has 1 atom stereocenters. The molecule has 1 fully saturated rings. The normalized spacial score (nSPS) is 14.4. The van der Waals surface area contributed by atoms with Gasteiger partial charge in [0, 0.05) is 18.2 Å². The maximum atomic E-state index is 14.7. The first kappa shape index (κ1) is 29.1. The lowest BCUT2D eigenvalue weighted by Gasteiger charge is -2.32. The molecule has 0 bridgehead atoms. The van der Waals surface area contributed by atoms with Crippen LogP contribution in [0.25, 0.3) is 0 Å². The van der Waals surface area contributed by atoms with Crippen LogP contribution in [0.15, 0.2) is 83.8 Å². The van der Waals surface area contributed by atoms with Crippen molar-refractivity contribution in [2.75, 3.05) is 18.0 Å². The van der Waals surface area contributed by atoms with E-state index in [0.29, 0.717) is 5.75 Å². The molecule has 0 heterocycles. The van der Waals surface area contributed by atoms with Gasteiger partial charge in [0.05, 0.1) is 17.7 Å². The van der Waals surface area contributed by atoms with E-state index in [1.54, 1.807) is 67.6 Å². The van der Waals surface area contributed by atoms with Crippen LogP contribution in [0.5, 0.6) is 5.75 Å². The molecule has 3 aromatic rings. The number of nitrogens with one attached hydrogen (secondary N) is 1. The molecule has 0 aliphatic heterocycles. The number of anilines is 1. The monoisotopic (exact) mass is 567 g/mol. The largest absolute Gasteiger partial charge is 0.497 e. The first-order valence-corrected chi connectivity index (χ1v) is 14.7. The van der Waals surface area contributed by atoms with Crippen molar-refractivity contribution >= 4 is 27.5 Å². The number of halogens is 1. The Labute approximate surface area is 234 Å². The first-order chi connectivity index (χ1) is 19.2. The van der Waals surface area contributed by atoms with Crippen LogP contribution >= 0.6 is 0 Å². The number of nitrogens with zero attached hydrogens (tertiary/aromatic N) is 2. The molecule has 0 saturated heterocycles. The quantitative estimate of drug-likeness (QED) is 0.368. The summed E-state index contributed by atoms with van der Waals surface area (Å²) in [6.45, 7) is 0.776. The summed E-state index contributed by atoms with van der Waals surface area (Å²) in [7, 11) is -2.68. The van der Waals surface area contributed by atoms with Gasteiger partial charge >= 0.3 is 0 Å². The Morgan fingerprint density at radius 1 is 0.975 bits per heavy atom. The summed E-state index contributed by atoms with van der Waals surface area (Å²) in [6, 6.07) is 19.1. The molecule has 1 aliphatic carbocycles. The topological polar surface area (TPSA) is 96.0 Å². The van der Waals surface area contributed by atoms with E-state index in [-0.39, 0.29) is 34.6 Å². The van der Waals surface area contributed by atoms with Crippen LogP contribution in [0.3, 0.4) is 0 Å². The third-order valence-electron chi connectivity index (χ3n) is 7.14. The maximum Gasteiger partial charge on any atom is 0.264 e. The first-order valence-electron chi connectivity index (χ1n) is 13.3. The highest BCUT2D eigenvalue weighted by molar-refractivity contribution is 7.92. The number of benzene rings is 3. The van der Waals surface area contributed by atoms with Crippen LogP contribution in [0.2, 0.25) is 0 Å². The summed E-state index contributed by atoms with van der Waals surface area (Å²) in [5, 5.41) is 3.00. The second-order valence-electron chi connectivity index (χ2n) is 9.80. The standard InChI is InChI=1S/C30H34FN3O5S/c1-22(30(36)32-24-11-7-8-12-24)33(20-23-10-6-9-15-28(23)31)29(35)21-34(25-16-18-26(39-2)19-17-25)40(37,38)27-13-4-3-5-14-27/h3-6,9-10,13-19,22,24H,7-8,11-12,20-21H2,1-2H3,(H,32,36)/t22-/m1/s1. The fraction of sp³-hybridized carbons (Fsp3) is 0.333. The van der Waals surface area contributed by atoms with Crippen LogP contribution < -0.4 is 14.4 Å². The minimum Gasteiger partial charge on any atom is -0.497 e. The summed E-state index contributed by atoms with van der Waals surface area (Å²) < 4.78 is 48.4. The van der Waals surface area contributed by atoms with Gasteiger partial charge in [0.2, 0.25) is 11.8 Å². The maximum absolute atomic E-state index is 14.7. The number of sulfonamides is 1. The molecular weight excluding hydrogens is 533 g/mol. The molecule has 10 heteroatoms. The zero-order valence-electron chi connectivity index (χ0n) is 22.6. The van der Waals surface area contributed by atoms with Gasteiger partial charge in [-0.05, 0) is 62.2 Å². The van der Waals surface area contributed by atoms with Crippen LogP contribution in [-0.2, 0) is 26.2 Å². The Kier molecular flexibility index (Phi) is 9.42. The van der Waals surface area contributed by atoms with Crippen molar-refractivity contribution < 1.29 is 27.1 Å². The van der Waals surface area contributed by atoms with E-state index in [2.05, 4.69) is 5.32 Å². The number of carbonyl (C=O) groups excluding carboxylic acids is 2. The van der Waals surface area contributed by atoms with Crippen molar-refractivity contribution in [3.8, 4) is 5.75 Å². The number of ether oxygens (including phenoxy) is 1. The van der Waals surface area contributed by atoms with Gasteiger partial charge in [-0.1, -0.05) is 49.2 Å². The molecule has 0 aromatic heterocycles. The predicted octanol–water partition coefficient (Wildman–Crippen LogP) is 4.51. The molecule has 0 radical (unpaired) electrons. The SMILES string of the molecule is COc1ccc(N(CC(=O)N(Cc2ccccc2F)[C@H](C)C(=O)NC2CCCC2)S(=O)(=O)c2ccccc2)cc1. The van der Waals surface area contributed by atoms with Gasteiger partial charge < -0.3 is 15.0 Å². The highest BCUT2D eigenvalue weighted by Crippen LogP contribution is 2.27. The van der Waals surface area contributed by atoms with E-state index in [0.717, 1.165) is 30.0 Å². The Morgan fingerprint density at radius 3 is 2.23 bits per heavy atom. The molecule has 1 aliphatic rings. The predicted molar refractivity (Wildman–Crippen MR) is 151 cm³/mol. The summed E-state index contributed by atoms with van der Waals surface area (Å²) in [4.78, 5) is 28.4. The third kappa shape index (κ3) is 6.80. The average Bonchev–Trinajstić information content (AvgIpc) is 3.48. The molecule has 2 amide bonds. The van der Waals surface area contributed by atoms with Crippen LogP contribution in [-0.4, -0.2) is 50.9 Å². The fourth-order valence-corrected chi connectivity index (χ4v) is 6.22. The molecule has 1 saturated carbocycles. The smallest absolute Gasteiger partial charge is 0.264 e. The summed E-state index contributed by atoms with van der Waals surface area (Å²) >= 11 is 0. The number of rotatable bonds is 11. The van der Waals surface area contributed by atoms with Gasteiger partial charge in [-0.2, -0.15) is 0 Å². The highest BCUT2D eigenvalue weighted by atomic mass is 32.2. The number of amides is 2. The summed E-state index contributed by atoms with van der Waals surface area (Å²) in [5.41, 5.74) is 0.463. The Balaban J connectivity index is 1.68. The average molecular weight is 568 g/mol. The molecular formula is C30H34FN3O5S.